The Balaban J connectivity index is 2.13. The van der Waals surface area contributed by atoms with Crippen LogP contribution in [0.1, 0.15) is 24.2 Å². The first-order chi connectivity index (χ1) is 8.06. The van der Waals surface area contributed by atoms with Gasteiger partial charge in [0.2, 0.25) is 0 Å². The summed E-state index contributed by atoms with van der Waals surface area (Å²) in [5.74, 6) is 0. The lowest BCUT2D eigenvalue weighted by atomic mass is 10.1. The SMILES string of the molecule is Cc1nn(C)cc1NC(C)c1ccc(Cl)cc1. The van der Waals surface area contributed by atoms with Gasteiger partial charge < -0.3 is 5.32 Å². The number of aryl methyl sites for hydroxylation is 2. The Morgan fingerprint density at radius 1 is 1.29 bits per heavy atom. The summed E-state index contributed by atoms with van der Waals surface area (Å²) in [5, 5.41) is 8.51. The van der Waals surface area contributed by atoms with Crippen molar-refractivity contribution in [1.29, 1.82) is 0 Å². The third-order valence-electron chi connectivity index (χ3n) is 2.76. The molecule has 0 amide bonds. The van der Waals surface area contributed by atoms with Crippen LogP contribution in [-0.2, 0) is 7.05 Å². The molecule has 2 aromatic rings. The molecule has 0 saturated carbocycles. The van der Waals surface area contributed by atoms with E-state index in [1.165, 1.54) is 5.56 Å². The molecule has 1 N–H and O–H groups in total. The highest BCUT2D eigenvalue weighted by Gasteiger charge is 2.08. The van der Waals surface area contributed by atoms with Crippen LogP contribution in [0.5, 0.6) is 0 Å². The lowest BCUT2D eigenvalue weighted by Gasteiger charge is -2.14. The zero-order chi connectivity index (χ0) is 12.4. The van der Waals surface area contributed by atoms with Crippen LogP contribution in [0.15, 0.2) is 30.5 Å². The highest BCUT2D eigenvalue weighted by molar-refractivity contribution is 6.30. The largest absolute Gasteiger partial charge is 0.376 e. The molecule has 0 aliphatic carbocycles. The predicted molar refractivity (Wildman–Crippen MR) is 71.4 cm³/mol. The van der Waals surface area contributed by atoms with Crippen molar-refractivity contribution in [3.05, 3.63) is 46.7 Å². The molecule has 1 aromatic heterocycles. The van der Waals surface area contributed by atoms with Crippen LogP contribution in [0, 0.1) is 6.92 Å². The van der Waals surface area contributed by atoms with Crippen molar-refractivity contribution in [2.45, 2.75) is 19.9 Å². The molecule has 1 unspecified atom stereocenters. The van der Waals surface area contributed by atoms with Crippen LogP contribution in [-0.4, -0.2) is 9.78 Å². The number of aromatic nitrogens is 2. The third-order valence-corrected chi connectivity index (χ3v) is 3.01. The highest BCUT2D eigenvalue weighted by Crippen LogP contribution is 2.22. The molecular formula is C13H16ClN3. The van der Waals surface area contributed by atoms with Crippen molar-refractivity contribution < 1.29 is 0 Å². The van der Waals surface area contributed by atoms with Gasteiger partial charge >= 0.3 is 0 Å². The molecule has 90 valence electrons. The van der Waals surface area contributed by atoms with E-state index in [-0.39, 0.29) is 6.04 Å². The molecule has 1 atom stereocenters. The minimum atomic E-state index is 0.232. The van der Waals surface area contributed by atoms with Gasteiger partial charge in [-0.05, 0) is 31.5 Å². The van der Waals surface area contributed by atoms with Gasteiger partial charge in [0.15, 0.2) is 0 Å². The first kappa shape index (κ1) is 12.0. The first-order valence-corrected chi connectivity index (χ1v) is 5.96. The fourth-order valence-corrected chi connectivity index (χ4v) is 1.94. The Bertz CT molecular complexity index is 502. The average molecular weight is 250 g/mol. The summed E-state index contributed by atoms with van der Waals surface area (Å²) in [6.45, 7) is 4.12. The number of hydrogen-bond donors (Lipinski definition) is 1. The summed E-state index contributed by atoms with van der Waals surface area (Å²) >= 11 is 5.87. The average Bonchev–Trinajstić information content (AvgIpc) is 2.58. The number of nitrogens with one attached hydrogen (secondary N) is 1. The fourth-order valence-electron chi connectivity index (χ4n) is 1.81. The molecule has 0 spiro atoms. The zero-order valence-corrected chi connectivity index (χ0v) is 11.0. The number of hydrogen-bond acceptors (Lipinski definition) is 2. The van der Waals surface area contributed by atoms with Gasteiger partial charge in [0.25, 0.3) is 0 Å². The van der Waals surface area contributed by atoms with E-state index < -0.39 is 0 Å². The Kier molecular flexibility index (Phi) is 3.38. The second kappa shape index (κ2) is 4.80. The molecule has 0 aliphatic heterocycles. The minimum absolute atomic E-state index is 0.232. The van der Waals surface area contributed by atoms with Crippen molar-refractivity contribution in [3.63, 3.8) is 0 Å². The maximum absolute atomic E-state index is 5.87. The van der Waals surface area contributed by atoms with Gasteiger partial charge in [0.1, 0.15) is 0 Å². The van der Waals surface area contributed by atoms with Gasteiger partial charge in [0, 0.05) is 24.3 Å². The van der Waals surface area contributed by atoms with Crippen LogP contribution < -0.4 is 5.32 Å². The van der Waals surface area contributed by atoms with Crippen molar-refractivity contribution in [3.8, 4) is 0 Å². The van der Waals surface area contributed by atoms with Gasteiger partial charge in [-0.1, -0.05) is 23.7 Å². The van der Waals surface area contributed by atoms with E-state index in [4.69, 9.17) is 11.6 Å². The number of benzene rings is 1. The highest BCUT2D eigenvalue weighted by atomic mass is 35.5. The van der Waals surface area contributed by atoms with Crippen LogP contribution in [0.2, 0.25) is 5.02 Å². The van der Waals surface area contributed by atoms with E-state index in [1.54, 1.807) is 0 Å². The third kappa shape index (κ3) is 2.80. The van der Waals surface area contributed by atoms with Crippen molar-refractivity contribution in [2.75, 3.05) is 5.32 Å². The second-order valence-electron chi connectivity index (χ2n) is 4.22. The van der Waals surface area contributed by atoms with Gasteiger partial charge in [-0.15, -0.1) is 0 Å². The van der Waals surface area contributed by atoms with E-state index in [2.05, 4.69) is 17.3 Å². The predicted octanol–water partition coefficient (Wildman–Crippen LogP) is 3.56. The lowest BCUT2D eigenvalue weighted by Crippen LogP contribution is -2.06. The van der Waals surface area contributed by atoms with Crippen LogP contribution in [0.4, 0.5) is 5.69 Å². The van der Waals surface area contributed by atoms with E-state index in [1.807, 2.05) is 49.1 Å². The Morgan fingerprint density at radius 2 is 1.94 bits per heavy atom. The number of anilines is 1. The van der Waals surface area contributed by atoms with Crippen molar-refractivity contribution in [2.24, 2.45) is 7.05 Å². The molecule has 17 heavy (non-hydrogen) atoms. The van der Waals surface area contributed by atoms with Gasteiger partial charge in [-0.3, -0.25) is 4.68 Å². The fraction of sp³-hybridized carbons (Fsp3) is 0.308. The number of rotatable bonds is 3. The number of halogens is 1. The summed E-state index contributed by atoms with van der Waals surface area (Å²) in [7, 11) is 1.92. The molecule has 4 heteroatoms. The van der Waals surface area contributed by atoms with Crippen LogP contribution in [0.3, 0.4) is 0 Å². The summed E-state index contributed by atoms with van der Waals surface area (Å²) < 4.78 is 1.81. The topological polar surface area (TPSA) is 29.9 Å². The van der Waals surface area contributed by atoms with Crippen LogP contribution >= 0.6 is 11.6 Å². The Morgan fingerprint density at radius 3 is 2.47 bits per heavy atom. The van der Waals surface area contributed by atoms with Gasteiger partial charge in [-0.2, -0.15) is 5.10 Å². The van der Waals surface area contributed by atoms with E-state index in [0.29, 0.717) is 0 Å². The number of nitrogens with zero attached hydrogens (tertiary/aromatic N) is 2. The standard InChI is InChI=1S/C13H16ClN3/c1-9(11-4-6-12(14)7-5-11)15-13-8-17(3)16-10(13)2/h4-9,15H,1-3H3. The Labute approximate surface area is 106 Å². The van der Waals surface area contributed by atoms with E-state index in [0.717, 1.165) is 16.4 Å². The van der Waals surface area contributed by atoms with Gasteiger partial charge in [0.05, 0.1) is 11.4 Å². The van der Waals surface area contributed by atoms with Crippen molar-refractivity contribution in [1.82, 2.24) is 9.78 Å². The second-order valence-corrected chi connectivity index (χ2v) is 4.66. The van der Waals surface area contributed by atoms with Gasteiger partial charge in [-0.25, -0.2) is 0 Å². The maximum atomic E-state index is 5.87. The minimum Gasteiger partial charge on any atom is -0.376 e. The molecule has 0 saturated heterocycles. The molecule has 1 heterocycles. The summed E-state index contributed by atoms with van der Waals surface area (Å²) in [6, 6.07) is 8.11. The molecule has 0 bridgehead atoms. The smallest absolute Gasteiger partial charge is 0.0825 e. The molecular weight excluding hydrogens is 234 g/mol. The first-order valence-electron chi connectivity index (χ1n) is 5.58. The monoisotopic (exact) mass is 249 g/mol. The maximum Gasteiger partial charge on any atom is 0.0825 e. The van der Waals surface area contributed by atoms with Crippen molar-refractivity contribution >= 4 is 17.3 Å². The molecule has 2 rings (SSSR count). The van der Waals surface area contributed by atoms with E-state index in [9.17, 15) is 0 Å². The quantitative estimate of drug-likeness (QED) is 0.902. The molecule has 0 aliphatic rings. The molecule has 1 aromatic carbocycles. The molecule has 0 fully saturated rings. The normalized spacial score (nSPS) is 12.5. The van der Waals surface area contributed by atoms with Crippen LogP contribution in [0.25, 0.3) is 0 Å². The summed E-state index contributed by atoms with van der Waals surface area (Å²) in [6.07, 6.45) is 1.99. The Hall–Kier alpha value is -1.48. The zero-order valence-electron chi connectivity index (χ0n) is 10.2. The summed E-state index contributed by atoms with van der Waals surface area (Å²) in [4.78, 5) is 0. The van der Waals surface area contributed by atoms with E-state index >= 15 is 0 Å². The summed E-state index contributed by atoms with van der Waals surface area (Å²) in [5.41, 5.74) is 3.28. The lowest BCUT2D eigenvalue weighted by molar-refractivity contribution is 0.756. The molecule has 0 radical (unpaired) electrons. The molecule has 3 nitrogen and oxygen atoms in total.